The van der Waals surface area contributed by atoms with Gasteiger partial charge in [-0.05, 0) is 6.07 Å². The average Bonchev–Trinajstić information content (AvgIpc) is 2.52. The first kappa shape index (κ1) is 17.7. The third kappa shape index (κ3) is 5.58. The van der Waals surface area contributed by atoms with Gasteiger partial charge in [-0.25, -0.2) is 14.6 Å². The minimum absolute atomic E-state index is 0.146. The highest BCUT2D eigenvalue weighted by molar-refractivity contribution is 6.31. The summed E-state index contributed by atoms with van der Waals surface area (Å²) < 4.78 is 8.80. The highest BCUT2D eigenvalue weighted by atomic mass is 35.5. The summed E-state index contributed by atoms with van der Waals surface area (Å²) in [5.74, 6) is -0.218. The van der Waals surface area contributed by atoms with Crippen LogP contribution in [0.2, 0.25) is 5.02 Å². The van der Waals surface area contributed by atoms with Crippen LogP contribution in [0.3, 0.4) is 0 Å². The van der Waals surface area contributed by atoms with E-state index >= 15 is 0 Å². The number of guanidine groups is 1. The van der Waals surface area contributed by atoms with Gasteiger partial charge in [0.25, 0.3) is 0 Å². The molecule has 8 nitrogen and oxygen atoms in total. The number of halogens is 1. The molecule has 0 spiro atoms. The summed E-state index contributed by atoms with van der Waals surface area (Å²) in [6.07, 6.45) is -2.67. The van der Waals surface area contributed by atoms with Crippen LogP contribution in [0.15, 0.2) is 29.3 Å². The molecule has 3 N–H and O–H groups in total. The molecule has 22 heavy (non-hydrogen) atoms. The molecular formula is C13H16ClN3O5. The van der Waals surface area contributed by atoms with Gasteiger partial charge in [0.1, 0.15) is 6.10 Å². The van der Waals surface area contributed by atoms with Gasteiger partial charge in [-0.15, -0.1) is 0 Å². The van der Waals surface area contributed by atoms with E-state index < -0.39 is 18.3 Å². The van der Waals surface area contributed by atoms with Crippen molar-refractivity contribution in [2.24, 2.45) is 4.99 Å². The Morgan fingerprint density at radius 2 is 1.77 bits per heavy atom. The standard InChI is InChI=1S/C13H16ClN3O5/c1-21-12(19)16-11(17-13(20)22-2)15-7-10(18)8-5-3-4-6-9(8)14/h3-6,10,18H,7H2,1-2H3,(H2,15,16,17,19,20). The molecular weight excluding hydrogens is 314 g/mol. The van der Waals surface area contributed by atoms with Crippen LogP contribution in [0.1, 0.15) is 11.7 Å². The Morgan fingerprint density at radius 3 is 2.27 bits per heavy atom. The molecule has 2 amide bonds. The zero-order chi connectivity index (χ0) is 16.5. The van der Waals surface area contributed by atoms with Gasteiger partial charge in [-0.1, -0.05) is 29.8 Å². The van der Waals surface area contributed by atoms with E-state index in [-0.39, 0.29) is 12.5 Å². The van der Waals surface area contributed by atoms with Crippen molar-refractivity contribution in [1.29, 1.82) is 0 Å². The molecule has 0 aliphatic carbocycles. The predicted octanol–water partition coefficient (Wildman–Crippen LogP) is 1.44. The summed E-state index contributed by atoms with van der Waals surface area (Å²) in [5, 5.41) is 14.8. The molecule has 1 rings (SSSR count). The van der Waals surface area contributed by atoms with E-state index in [0.717, 1.165) is 14.2 Å². The lowest BCUT2D eigenvalue weighted by atomic mass is 10.1. The average molecular weight is 330 g/mol. The monoisotopic (exact) mass is 329 g/mol. The SMILES string of the molecule is COC(=O)NC(=NCC(O)c1ccccc1Cl)NC(=O)OC. The number of ether oxygens (including phenoxy) is 2. The number of alkyl carbamates (subject to hydrolysis) is 2. The molecule has 0 aromatic heterocycles. The van der Waals surface area contributed by atoms with Crippen molar-refractivity contribution in [3.63, 3.8) is 0 Å². The number of methoxy groups -OCH3 is 2. The van der Waals surface area contributed by atoms with Crippen molar-refractivity contribution >= 4 is 29.7 Å². The molecule has 9 heteroatoms. The predicted molar refractivity (Wildman–Crippen MR) is 79.8 cm³/mol. The molecule has 0 aliphatic rings. The molecule has 1 aromatic carbocycles. The first-order chi connectivity index (χ1) is 10.5. The van der Waals surface area contributed by atoms with Crippen molar-refractivity contribution in [1.82, 2.24) is 10.6 Å². The third-order valence-corrected chi connectivity index (χ3v) is 2.84. The summed E-state index contributed by atoms with van der Waals surface area (Å²) in [6.45, 7) is -0.146. The van der Waals surface area contributed by atoms with E-state index in [2.05, 4.69) is 25.1 Å². The minimum atomic E-state index is -1.01. The number of amides is 2. The van der Waals surface area contributed by atoms with Crippen LogP contribution >= 0.6 is 11.6 Å². The molecule has 1 atom stereocenters. The number of aliphatic hydroxyl groups excluding tert-OH is 1. The van der Waals surface area contributed by atoms with Gasteiger partial charge in [0, 0.05) is 10.6 Å². The van der Waals surface area contributed by atoms with E-state index in [1.807, 2.05) is 0 Å². The Bertz CT molecular complexity index is 544. The van der Waals surface area contributed by atoms with Crippen LogP contribution < -0.4 is 10.6 Å². The van der Waals surface area contributed by atoms with Crippen LogP contribution in [0.4, 0.5) is 9.59 Å². The van der Waals surface area contributed by atoms with E-state index in [1.54, 1.807) is 24.3 Å². The maximum Gasteiger partial charge on any atom is 0.413 e. The smallest absolute Gasteiger partial charge is 0.413 e. The number of hydrogen-bond acceptors (Lipinski definition) is 6. The van der Waals surface area contributed by atoms with Crippen molar-refractivity contribution in [2.45, 2.75) is 6.10 Å². The lowest BCUT2D eigenvalue weighted by Crippen LogP contribution is -2.44. The quantitative estimate of drug-likeness (QED) is 0.574. The number of nitrogens with one attached hydrogen (secondary N) is 2. The fraction of sp³-hybridized carbons (Fsp3) is 0.308. The Morgan fingerprint density at radius 1 is 1.23 bits per heavy atom. The lowest BCUT2D eigenvalue weighted by Gasteiger charge is -2.12. The Hall–Kier alpha value is -2.32. The Kier molecular flexibility index (Phi) is 7.14. The molecule has 0 heterocycles. The maximum absolute atomic E-state index is 11.2. The fourth-order valence-electron chi connectivity index (χ4n) is 1.43. The summed E-state index contributed by atoms with van der Waals surface area (Å²) in [7, 11) is 2.31. The van der Waals surface area contributed by atoms with E-state index in [9.17, 15) is 14.7 Å². The van der Waals surface area contributed by atoms with Crippen molar-refractivity contribution in [3.05, 3.63) is 34.9 Å². The first-order valence-corrected chi connectivity index (χ1v) is 6.52. The summed E-state index contributed by atoms with van der Waals surface area (Å²) in [4.78, 5) is 26.2. The van der Waals surface area contributed by atoms with Crippen LogP contribution in [0.5, 0.6) is 0 Å². The second-order valence-corrected chi connectivity index (χ2v) is 4.37. The number of nitrogens with zero attached hydrogens (tertiary/aromatic N) is 1. The van der Waals surface area contributed by atoms with Crippen LogP contribution in [-0.2, 0) is 9.47 Å². The largest absolute Gasteiger partial charge is 0.453 e. The summed E-state index contributed by atoms with van der Waals surface area (Å²) in [5.41, 5.74) is 0.475. The molecule has 0 bridgehead atoms. The minimum Gasteiger partial charge on any atom is -0.453 e. The molecule has 0 aliphatic heterocycles. The molecule has 120 valence electrons. The number of carbonyl (C=O) groups excluding carboxylic acids is 2. The molecule has 1 aromatic rings. The van der Waals surface area contributed by atoms with Gasteiger partial charge in [-0.2, -0.15) is 0 Å². The number of carbonyl (C=O) groups is 2. The van der Waals surface area contributed by atoms with Gasteiger partial charge in [0.15, 0.2) is 0 Å². The maximum atomic E-state index is 11.2. The lowest BCUT2D eigenvalue weighted by molar-refractivity contribution is 0.172. The second-order valence-electron chi connectivity index (χ2n) is 3.96. The fourth-order valence-corrected chi connectivity index (χ4v) is 1.69. The number of aliphatic hydroxyl groups is 1. The second kappa shape index (κ2) is 8.85. The highest BCUT2D eigenvalue weighted by Crippen LogP contribution is 2.22. The van der Waals surface area contributed by atoms with Gasteiger partial charge in [-0.3, -0.25) is 10.6 Å². The Labute approximate surface area is 132 Å². The van der Waals surface area contributed by atoms with Gasteiger partial charge in [0.2, 0.25) is 5.96 Å². The zero-order valence-electron chi connectivity index (χ0n) is 12.0. The molecule has 0 saturated heterocycles. The van der Waals surface area contributed by atoms with Crippen molar-refractivity contribution in [3.8, 4) is 0 Å². The van der Waals surface area contributed by atoms with E-state index in [4.69, 9.17) is 11.6 Å². The van der Waals surface area contributed by atoms with Crippen LogP contribution in [0, 0.1) is 0 Å². The number of rotatable bonds is 3. The van der Waals surface area contributed by atoms with Gasteiger partial charge in [0.05, 0.1) is 20.8 Å². The molecule has 1 unspecified atom stereocenters. The van der Waals surface area contributed by atoms with Crippen LogP contribution in [-0.4, -0.2) is 44.0 Å². The number of aliphatic imine (C=N–C) groups is 1. The number of hydrogen-bond donors (Lipinski definition) is 3. The van der Waals surface area contributed by atoms with Crippen molar-refractivity contribution < 1.29 is 24.2 Å². The first-order valence-electron chi connectivity index (χ1n) is 6.14. The van der Waals surface area contributed by atoms with E-state index in [1.165, 1.54) is 0 Å². The van der Waals surface area contributed by atoms with Crippen molar-refractivity contribution in [2.75, 3.05) is 20.8 Å². The topological polar surface area (TPSA) is 109 Å². The Balaban J connectivity index is 2.80. The third-order valence-electron chi connectivity index (χ3n) is 2.50. The summed E-state index contributed by atoms with van der Waals surface area (Å²) >= 11 is 5.96. The summed E-state index contributed by atoms with van der Waals surface area (Å²) in [6, 6.07) is 6.72. The van der Waals surface area contributed by atoms with Crippen LogP contribution in [0.25, 0.3) is 0 Å². The van der Waals surface area contributed by atoms with E-state index in [0.29, 0.717) is 10.6 Å². The molecule has 0 radical (unpaired) electrons. The zero-order valence-corrected chi connectivity index (χ0v) is 12.8. The highest BCUT2D eigenvalue weighted by Gasteiger charge is 2.13. The van der Waals surface area contributed by atoms with Gasteiger partial charge < -0.3 is 14.6 Å². The molecule has 0 fully saturated rings. The normalized spacial score (nSPS) is 11.1. The molecule has 0 saturated carbocycles. The van der Waals surface area contributed by atoms with Gasteiger partial charge >= 0.3 is 12.2 Å². The number of benzene rings is 1.